The topological polar surface area (TPSA) is 144 Å². The number of aromatic hydroxyl groups is 2. The largest absolute Gasteiger partial charge is 0.508 e. The summed E-state index contributed by atoms with van der Waals surface area (Å²) in [5, 5.41) is 41.7. The molecule has 136 valence electrons. The van der Waals surface area contributed by atoms with E-state index in [0.717, 1.165) is 36.4 Å². The first-order valence-corrected chi connectivity index (χ1v) is 7.61. The molecular weight excluding hydrogens is 344 g/mol. The Balaban J connectivity index is 2.40. The van der Waals surface area contributed by atoms with Crippen LogP contribution >= 0.6 is 0 Å². The van der Waals surface area contributed by atoms with Gasteiger partial charge in [-0.05, 0) is 12.1 Å². The molecule has 0 saturated heterocycles. The van der Waals surface area contributed by atoms with Crippen LogP contribution in [-0.2, 0) is 4.79 Å². The maximum atomic E-state index is 12.7. The molecule has 0 aromatic heterocycles. The van der Waals surface area contributed by atoms with E-state index in [4.69, 9.17) is 0 Å². The third kappa shape index (κ3) is 3.61. The number of non-ortho nitro benzene ring substituents is 2. The highest BCUT2D eigenvalue weighted by Gasteiger charge is 2.28. The number of benzene rings is 2. The number of Topliss-reactive ketones (excluding diaryl/α,β-unsaturated/α-hetero) is 1. The lowest BCUT2D eigenvalue weighted by atomic mass is 9.85. The Labute approximate surface area is 147 Å². The van der Waals surface area contributed by atoms with Crippen molar-refractivity contribution < 1.29 is 24.9 Å². The summed E-state index contributed by atoms with van der Waals surface area (Å²) in [6, 6.07) is 6.72. The van der Waals surface area contributed by atoms with Crippen molar-refractivity contribution in [2.45, 2.75) is 25.7 Å². The van der Waals surface area contributed by atoms with E-state index in [9.17, 15) is 35.2 Å². The lowest BCUT2D eigenvalue weighted by Gasteiger charge is -2.18. The highest BCUT2D eigenvalue weighted by atomic mass is 16.6. The highest BCUT2D eigenvalue weighted by molar-refractivity contribution is 5.92. The van der Waals surface area contributed by atoms with Gasteiger partial charge in [0.1, 0.15) is 17.3 Å². The van der Waals surface area contributed by atoms with Gasteiger partial charge in [-0.2, -0.15) is 0 Å². The van der Waals surface area contributed by atoms with Crippen molar-refractivity contribution in [3.8, 4) is 11.5 Å². The number of ketones is 1. The third-order valence-electron chi connectivity index (χ3n) is 4.23. The third-order valence-corrected chi connectivity index (χ3v) is 4.23. The second-order valence-corrected chi connectivity index (χ2v) is 5.85. The number of phenols is 2. The molecule has 0 bridgehead atoms. The van der Waals surface area contributed by atoms with Crippen molar-refractivity contribution in [1.29, 1.82) is 0 Å². The van der Waals surface area contributed by atoms with E-state index in [1.807, 2.05) is 0 Å². The van der Waals surface area contributed by atoms with Crippen LogP contribution in [-0.4, -0.2) is 25.8 Å². The zero-order chi connectivity index (χ0) is 19.6. The Morgan fingerprint density at radius 3 is 1.50 bits per heavy atom. The lowest BCUT2D eigenvalue weighted by Crippen LogP contribution is -2.17. The van der Waals surface area contributed by atoms with E-state index >= 15 is 0 Å². The number of hydrogen-bond donors (Lipinski definition) is 2. The Morgan fingerprint density at radius 1 is 0.846 bits per heavy atom. The fraction of sp³-hybridized carbons (Fsp3) is 0.235. The summed E-state index contributed by atoms with van der Waals surface area (Å²) in [4.78, 5) is 33.3. The van der Waals surface area contributed by atoms with E-state index in [2.05, 4.69) is 0 Å². The van der Waals surface area contributed by atoms with Gasteiger partial charge in [-0.3, -0.25) is 25.0 Å². The molecule has 0 amide bonds. The normalized spacial score (nSPS) is 13.0. The minimum atomic E-state index is -0.927. The monoisotopic (exact) mass is 360 g/mol. The molecule has 9 nitrogen and oxygen atoms in total. The average molecular weight is 360 g/mol. The molecule has 0 heterocycles. The standard InChI is InChI=1S/C17H16N2O7/c1-9(13-7-11(18(23)24)3-5-15(13)20)17(22)10(2)14-8-12(19(25)26)4-6-16(14)21/h3-10,20-21H,1-2H3. The number of nitrogens with zero attached hydrogens (tertiary/aromatic N) is 2. The van der Waals surface area contributed by atoms with Crippen LogP contribution in [0.2, 0.25) is 0 Å². The van der Waals surface area contributed by atoms with E-state index in [0.29, 0.717) is 0 Å². The molecule has 0 radical (unpaired) electrons. The highest BCUT2D eigenvalue weighted by Crippen LogP contribution is 2.36. The first kappa shape index (κ1) is 18.8. The van der Waals surface area contributed by atoms with E-state index in [1.165, 1.54) is 13.8 Å². The van der Waals surface area contributed by atoms with Gasteiger partial charge in [-0.25, -0.2) is 0 Å². The first-order valence-electron chi connectivity index (χ1n) is 7.61. The number of phenolic OH excluding ortho intramolecular Hbond substituents is 2. The zero-order valence-corrected chi connectivity index (χ0v) is 13.9. The van der Waals surface area contributed by atoms with Gasteiger partial charge in [0.05, 0.1) is 9.85 Å². The molecule has 9 heteroatoms. The molecule has 0 aliphatic rings. The molecule has 2 N–H and O–H groups in total. The van der Waals surface area contributed by atoms with Crippen LogP contribution in [0.25, 0.3) is 0 Å². The molecule has 0 saturated carbocycles. The Morgan fingerprint density at radius 2 is 1.19 bits per heavy atom. The van der Waals surface area contributed by atoms with Crippen LogP contribution < -0.4 is 0 Å². The summed E-state index contributed by atoms with van der Waals surface area (Å²) in [6.45, 7) is 2.93. The van der Waals surface area contributed by atoms with Crippen molar-refractivity contribution in [3.63, 3.8) is 0 Å². The van der Waals surface area contributed by atoms with Crippen molar-refractivity contribution in [2.24, 2.45) is 0 Å². The van der Waals surface area contributed by atoms with Crippen molar-refractivity contribution in [3.05, 3.63) is 67.8 Å². The second kappa shape index (κ2) is 7.18. The van der Waals surface area contributed by atoms with Gasteiger partial charge in [-0.15, -0.1) is 0 Å². The molecule has 0 spiro atoms. The Kier molecular flexibility index (Phi) is 5.20. The number of carbonyl (C=O) groups is 1. The molecular formula is C17H16N2O7. The Hall–Kier alpha value is -3.49. The quantitative estimate of drug-likeness (QED) is 0.593. The molecule has 0 aliphatic carbocycles. The van der Waals surface area contributed by atoms with Crippen LogP contribution in [0.15, 0.2) is 36.4 Å². The van der Waals surface area contributed by atoms with Gasteiger partial charge in [0, 0.05) is 47.2 Å². The molecule has 26 heavy (non-hydrogen) atoms. The number of rotatable bonds is 6. The van der Waals surface area contributed by atoms with Crippen molar-refractivity contribution in [1.82, 2.24) is 0 Å². The average Bonchev–Trinajstić information content (AvgIpc) is 2.60. The fourth-order valence-electron chi connectivity index (χ4n) is 2.69. The van der Waals surface area contributed by atoms with Gasteiger partial charge in [0.15, 0.2) is 0 Å². The number of carbonyl (C=O) groups excluding carboxylic acids is 1. The minimum absolute atomic E-state index is 0.0703. The van der Waals surface area contributed by atoms with Crippen LogP contribution in [0.3, 0.4) is 0 Å². The van der Waals surface area contributed by atoms with Gasteiger partial charge >= 0.3 is 0 Å². The van der Waals surface area contributed by atoms with Gasteiger partial charge in [-0.1, -0.05) is 13.8 Å². The summed E-state index contributed by atoms with van der Waals surface area (Å²) in [5.41, 5.74) is -0.409. The number of nitro benzene ring substituents is 2. The van der Waals surface area contributed by atoms with Gasteiger partial charge < -0.3 is 10.2 Å². The summed E-state index contributed by atoms with van der Waals surface area (Å²) < 4.78 is 0. The Bertz CT molecular complexity index is 823. The van der Waals surface area contributed by atoms with E-state index in [-0.39, 0.29) is 34.0 Å². The van der Waals surface area contributed by atoms with Crippen molar-refractivity contribution in [2.75, 3.05) is 0 Å². The van der Waals surface area contributed by atoms with Crippen LogP contribution in [0, 0.1) is 20.2 Å². The van der Waals surface area contributed by atoms with Crippen molar-refractivity contribution >= 4 is 17.2 Å². The zero-order valence-electron chi connectivity index (χ0n) is 13.9. The minimum Gasteiger partial charge on any atom is -0.508 e. The van der Waals surface area contributed by atoms with Gasteiger partial charge in [0.2, 0.25) is 0 Å². The maximum absolute atomic E-state index is 12.7. The fourth-order valence-corrected chi connectivity index (χ4v) is 2.69. The predicted octanol–water partition coefficient (Wildman–Crippen LogP) is 3.39. The summed E-state index contributed by atoms with van der Waals surface area (Å²) in [5.74, 6) is -2.86. The summed E-state index contributed by atoms with van der Waals surface area (Å²) >= 11 is 0. The summed E-state index contributed by atoms with van der Waals surface area (Å²) in [6.07, 6.45) is 0. The lowest BCUT2D eigenvalue weighted by molar-refractivity contribution is -0.385. The second-order valence-electron chi connectivity index (χ2n) is 5.85. The summed E-state index contributed by atoms with van der Waals surface area (Å²) in [7, 11) is 0. The van der Waals surface area contributed by atoms with E-state index < -0.39 is 27.5 Å². The molecule has 2 aromatic carbocycles. The predicted molar refractivity (Wildman–Crippen MR) is 91.4 cm³/mol. The number of hydrogen-bond acceptors (Lipinski definition) is 7. The number of nitro groups is 2. The van der Waals surface area contributed by atoms with Gasteiger partial charge in [0.25, 0.3) is 11.4 Å². The van der Waals surface area contributed by atoms with Crippen LogP contribution in [0.4, 0.5) is 11.4 Å². The SMILES string of the molecule is CC(C(=O)C(C)c1cc([N+](=O)[O-])ccc1O)c1cc([N+](=O)[O-])ccc1O. The molecule has 0 fully saturated rings. The molecule has 2 rings (SSSR count). The van der Waals surface area contributed by atoms with Crippen LogP contribution in [0.1, 0.15) is 36.8 Å². The molecule has 0 aliphatic heterocycles. The first-order chi connectivity index (χ1) is 12.1. The smallest absolute Gasteiger partial charge is 0.269 e. The van der Waals surface area contributed by atoms with Crippen LogP contribution in [0.5, 0.6) is 11.5 Å². The van der Waals surface area contributed by atoms with E-state index in [1.54, 1.807) is 0 Å². The maximum Gasteiger partial charge on any atom is 0.269 e. The molecule has 2 unspecified atom stereocenters. The molecule has 2 aromatic rings. The molecule has 2 atom stereocenters.